The lowest BCUT2D eigenvalue weighted by Crippen LogP contribution is -2.47. The van der Waals surface area contributed by atoms with Crippen molar-refractivity contribution >= 4 is 17.5 Å². The fourth-order valence-corrected chi connectivity index (χ4v) is 5.73. The second kappa shape index (κ2) is 11.1. The van der Waals surface area contributed by atoms with Crippen LogP contribution in [0.15, 0.2) is 84.3 Å². The maximum atomic E-state index is 13.2. The fraction of sp³-hybridized carbons (Fsp3) is 0.433. The van der Waals surface area contributed by atoms with Crippen molar-refractivity contribution in [1.82, 2.24) is 4.90 Å². The van der Waals surface area contributed by atoms with Crippen molar-refractivity contribution in [3.05, 3.63) is 95.5 Å². The number of carbonyl (C=O) groups excluding carboxylic acids is 1. The minimum absolute atomic E-state index is 0.0970. The molecule has 2 atom stereocenters. The number of methoxy groups -OCH3 is 1. The van der Waals surface area contributed by atoms with Gasteiger partial charge in [-0.3, -0.25) is 9.69 Å². The van der Waals surface area contributed by atoms with Gasteiger partial charge in [0.05, 0.1) is 17.9 Å². The fourth-order valence-electron chi connectivity index (χ4n) is 5.45. The molecule has 1 aliphatic heterocycles. The average molecular weight is 509 g/mol. The van der Waals surface area contributed by atoms with Crippen LogP contribution in [0.2, 0.25) is 0 Å². The van der Waals surface area contributed by atoms with Crippen LogP contribution in [-0.2, 0) is 19.7 Å². The van der Waals surface area contributed by atoms with Gasteiger partial charge in [0.1, 0.15) is 17.6 Å². The number of ether oxygens (including phenoxy) is 2. The summed E-state index contributed by atoms with van der Waals surface area (Å²) in [4.78, 5) is 15.6. The van der Waals surface area contributed by atoms with Crippen LogP contribution >= 0.6 is 11.6 Å². The van der Waals surface area contributed by atoms with Crippen molar-refractivity contribution in [3.8, 4) is 0 Å². The van der Waals surface area contributed by atoms with Crippen LogP contribution < -0.4 is 5.73 Å². The van der Waals surface area contributed by atoms with Crippen LogP contribution in [0.1, 0.15) is 50.7 Å². The van der Waals surface area contributed by atoms with Crippen molar-refractivity contribution in [2.24, 2.45) is 5.73 Å². The van der Waals surface area contributed by atoms with E-state index in [-0.39, 0.29) is 22.9 Å². The lowest BCUT2D eigenvalue weighted by Gasteiger charge is -2.40. The number of nitrogens with two attached hydrogens (primary N) is 1. The summed E-state index contributed by atoms with van der Waals surface area (Å²) in [6, 6.07) is 19.9. The van der Waals surface area contributed by atoms with E-state index in [0.717, 1.165) is 48.6 Å². The normalized spacial score (nSPS) is 21.0. The lowest BCUT2D eigenvalue weighted by atomic mass is 9.69. The van der Waals surface area contributed by atoms with Crippen LogP contribution in [0.5, 0.6) is 0 Å². The number of carbonyl (C=O) groups is 1. The predicted molar refractivity (Wildman–Crippen MR) is 145 cm³/mol. The molecule has 0 saturated carbocycles. The molecule has 1 unspecified atom stereocenters. The maximum absolute atomic E-state index is 13.2. The molecule has 0 aromatic heterocycles. The second-order valence-corrected chi connectivity index (χ2v) is 11.0. The van der Waals surface area contributed by atoms with Gasteiger partial charge in [0, 0.05) is 31.1 Å². The monoisotopic (exact) mass is 508 g/mol. The van der Waals surface area contributed by atoms with Gasteiger partial charge in [0.15, 0.2) is 0 Å². The molecule has 2 N–H and O–H groups in total. The molecule has 6 heteroatoms. The van der Waals surface area contributed by atoms with E-state index in [0.29, 0.717) is 12.8 Å². The van der Waals surface area contributed by atoms with Crippen LogP contribution in [0, 0.1) is 0 Å². The number of likely N-dealkylation sites (tertiary alicyclic amines) is 1. The third kappa shape index (κ3) is 5.63. The molecule has 1 fully saturated rings. The minimum Gasteiger partial charge on any atom is -0.497 e. The summed E-state index contributed by atoms with van der Waals surface area (Å²) in [7, 11) is 1.64. The van der Waals surface area contributed by atoms with Gasteiger partial charge in [0.2, 0.25) is 5.91 Å². The number of nitrogens with zero attached hydrogens (tertiary/aromatic N) is 1. The highest BCUT2D eigenvalue weighted by molar-refractivity contribution is 6.22. The van der Waals surface area contributed by atoms with Crippen LogP contribution in [-0.4, -0.2) is 48.0 Å². The number of allylic oxidation sites excluding steroid dienone is 3. The molecule has 2 aromatic carbocycles. The molecule has 1 saturated heterocycles. The van der Waals surface area contributed by atoms with Crippen LogP contribution in [0.25, 0.3) is 0 Å². The number of primary amides is 1. The molecule has 1 aliphatic carbocycles. The number of benzene rings is 2. The molecule has 192 valence electrons. The van der Waals surface area contributed by atoms with E-state index >= 15 is 0 Å². The highest BCUT2D eigenvalue weighted by atomic mass is 35.5. The van der Waals surface area contributed by atoms with Gasteiger partial charge in [-0.25, -0.2) is 0 Å². The second-order valence-electron chi connectivity index (χ2n) is 10.4. The van der Waals surface area contributed by atoms with E-state index in [4.69, 9.17) is 26.8 Å². The zero-order chi connectivity index (χ0) is 25.8. The molecule has 2 aliphatic rings. The Morgan fingerprint density at radius 1 is 1.06 bits per heavy atom. The van der Waals surface area contributed by atoms with E-state index in [9.17, 15) is 4.79 Å². The Balaban J connectivity index is 1.49. The highest BCUT2D eigenvalue weighted by Gasteiger charge is 2.43. The Hall–Kier alpha value is -2.76. The molecule has 2 aromatic rings. The quantitative estimate of drug-likeness (QED) is 0.428. The summed E-state index contributed by atoms with van der Waals surface area (Å²) >= 11 is 6.36. The topological polar surface area (TPSA) is 64.8 Å². The number of halogens is 1. The SMILES string of the molecule is COC1=CC(Cl)CC(O[C@H]2CCN(C(C)(C)CCC(C(N)=O)(c3ccccc3)c3ccccc3)C2)=C1. The van der Waals surface area contributed by atoms with Crippen molar-refractivity contribution in [3.63, 3.8) is 0 Å². The van der Waals surface area contributed by atoms with Crippen molar-refractivity contribution < 1.29 is 14.3 Å². The standard InChI is InChI=1S/C30H37ClN2O3/c1-29(2,33-17-14-25(21-33)36-27-19-24(31)18-26(20-27)35-3)15-16-30(28(32)34,22-10-6-4-7-11-22)23-12-8-5-9-13-23/h4-13,18,20,24-25H,14-17,19,21H2,1-3H3,(H2,32,34)/t24?,25-/m0/s1. The van der Waals surface area contributed by atoms with Crippen LogP contribution in [0.3, 0.4) is 0 Å². The third-order valence-corrected chi connectivity index (χ3v) is 7.95. The van der Waals surface area contributed by atoms with Crippen LogP contribution in [0.4, 0.5) is 0 Å². The summed E-state index contributed by atoms with van der Waals surface area (Å²) in [5.74, 6) is 1.30. The van der Waals surface area contributed by atoms with E-state index < -0.39 is 5.41 Å². The number of rotatable bonds is 10. The molecule has 36 heavy (non-hydrogen) atoms. The van der Waals surface area contributed by atoms with Gasteiger partial charge in [-0.1, -0.05) is 60.7 Å². The van der Waals surface area contributed by atoms with Gasteiger partial charge in [-0.15, -0.1) is 11.6 Å². The molecule has 1 heterocycles. The summed E-state index contributed by atoms with van der Waals surface area (Å²) in [6.45, 7) is 6.25. The molecule has 1 amide bonds. The first-order chi connectivity index (χ1) is 17.2. The number of hydrogen-bond donors (Lipinski definition) is 1. The number of alkyl halides is 1. The van der Waals surface area contributed by atoms with Crippen molar-refractivity contribution in [2.75, 3.05) is 20.2 Å². The van der Waals surface area contributed by atoms with Gasteiger partial charge in [0.25, 0.3) is 0 Å². The maximum Gasteiger partial charge on any atom is 0.232 e. The largest absolute Gasteiger partial charge is 0.497 e. The van der Waals surface area contributed by atoms with Crippen molar-refractivity contribution in [1.29, 1.82) is 0 Å². The zero-order valence-corrected chi connectivity index (χ0v) is 22.2. The first-order valence-corrected chi connectivity index (χ1v) is 13.1. The first kappa shape index (κ1) is 26.3. The Bertz CT molecular complexity index is 1060. The Morgan fingerprint density at radius 2 is 1.67 bits per heavy atom. The van der Waals surface area contributed by atoms with E-state index in [1.165, 1.54) is 0 Å². The smallest absolute Gasteiger partial charge is 0.232 e. The molecular weight excluding hydrogens is 472 g/mol. The molecule has 5 nitrogen and oxygen atoms in total. The molecular formula is C30H37ClN2O3. The first-order valence-electron chi connectivity index (χ1n) is 12.7. The zero-order valence-electron chi connectivity index (χ0n) is 21.5. The number of hydrogen-bond acceptors (Lipinski definition) is 4. The van der Waals surface area contributed by atoms with Gasteiger partial charge >= 0.3 is 0 Å². The van der Waals surface area contributed by atoms with Gasteiger partial charge in [-0.05, 0) is 50.3 Å². The molecule has 0 bridgehead atoms. The van der Waals surface area contributed by atoms with E-state index in [2.05, 4.69) is 18.7 Å². The summed E-state index contributed by atoms with van der Waals surface area (Å²) in [6.07, 6.45) is 6.97. The summed E-state index contributed by atoms with van der Waals surface area (Å²) in [5.41, 5.74) is 7.01. The highest BCUT2D eigenvalue weighted by Crippen LogP contribution is 2.40. The van der Waals surface area contributed by atoms with Gasteiger partial charge < -0.3 is 15.2 Å². The van der Waals surface area contributed by atoms with E-state index in [1.807, 2.05) is 72.8 Å². The Kier molecular flexibility index (Phi) is 8.11. The average Bonchev–Trinajstić information content (AvgIpc) is 3.34. The summed E-state index contributed by atoms with van der Waals surface area (Å²) in [5, 5.41) is -0.119. The lowest BCUT2D eigenvalue weighted by molar-refractivity contribution is -0.122. The molecule has 0 radical (unpaired) electrons. The molecule has 4 rings (SSSR count). The van der Waals surface area contributed by atoms with Gasteiger partial charge in [-0.2, -0.15) is 0 Å². The van der Waals surface area contributed by atoms with E-state index in [1.54, 1.807) is 7.11 Å². The molecule has 0 spiro atoms. The third-order valence-electron chi connectivity index (χ3n) is 7.66. The Morgan fingerprint density at radius 3 is 2.22 bits per heavy atom. The minimum atomic E-state index is -0.888. The van der Waals surface area contributed by atoms with Crippen molar-refractivity contribution in [2.45, 2.75) is 62.0 Å². The summed E-state index contributed by atoms with van der Waals surface area (Å²) < 4.78 is 11.7. The predicted octanol–water partition coefficient (Wildman–Crippen LogP) is 5.53. The number of amides is 1. The Labute approximate surface area is 219 Å².